The highest BCUT2D eigenvalue weighted by Gasteiger charge is 2.38. The SMILES string of the molecule is CC[C@@H]1c2nncn2-c2c(C)nc(Cl)nc2N1C1CCOCC1. The monoisotopic (exact) mass is 334 g/mol. The molecule has 0 spiro atoms. The second kappa shape index (κ2) is 5.72. The van der Waals surface area contributed by atoms with Gasteiger partial charge in [-0.1, -0.05) is 6.92 Å². The van der Waals surface area contributed by atoms with Crippen molar-refractivity contribution in [1.29, 1.82) is 0 Å². The zero-order chi connectivity index (χ0) is 16.0. The van der Waals surface area contributed by atoms with E-state index in [1.54, 1.807) is 6.33 Å². The number of hydrogen-bond donors (Lipinski definition) is 0. The standard InChI is InChI=1S/C15H19ClN6O/c1-3-11-13-20-17-8-21(13)12-9(2)18-15(16)19-14(12)22(11)10-4-6-23-7-5-10/h8,10-11H,3-7H2,1-2H3/t11-/m1/s1. The predicted molar refractivity (Wildman–Crippen MR) is 86.0 cm³/mol. The molecule has 2 aliphatic heterocycles. The minimum Gasteiger partial charge on any atom is -0.381 e. The maximum Gasteiger partial charge on any atom is 0.224 e. The zero-order valence-corrected chi connectivity index (χ0v) is 14.0. The van der Waals surface area contributed by atoms with E-state index in [0.29, 0.717) is 6.04 Å². The van der Waals surface area contributed by atoms with Crippen LogP contribution in [0.25, 0.3) is 5.69 Å². The Morgan fingerprint density at radius 3 is 2.83 bits per heavy atom. The van der Waals surface area contributed by atoms with Crippen molar-refractivity contribution >= 4 is 17.4 Å². The smallest absolute Gasteiger partial charge is 0.224 e. The van der Waals surface area contributed by atoms with E-state index >= 15 is 0 Å². The highest BCUT2D eigenvalue weighted by Crippen LogP contribution is 2.42. The van der Waals surface area contributed by atoms with Gasteiger partial charge in [-0.15, -0.1) is 10.2 Å². The predicted octanol–water partition coefficient (Wildman–Crippen LogP) is 2.47. The van der Waals surface area contributed by atoms with E-state index in [9.17, 15) is 0 Å². The lowest BCUT2D eigenvalue weighted by Crippen LogP contribution is -2.45. The topological polar surface area (TPSA) is 69.0 Å². The van der Waals surface area contributed by atoms with Gasteiger partial charge in [0.1, 0.15) is 12.0 Å². The summed E-state index contributed by atoms with van der Waals surface area (Å²) < 4.78 is 7.54. The average molecular weight is 335 g/mol. The van der Waals surface area contributed by atoms with Crippen molar-refractivity contribution < 1.29 is 4.74 Å². The second-order valence-electron chi connectivity index (χ2n) is 5.98. The van der Waals surface area contributed by atoms with Gasteiger partial charge in [-0.3, -0.25) is 4.57 Å². The first-order valence-corrected chi connectivity index (χ1v) is 8.39. The number of rotatable bonds is 2. The number of fused-ring (bicyclic) bond motifs is 3. The average Bonchev–Trinajstić information content (AvgIpc) is 3.02. The quantitative estimate of drug-likeness (QED) is 0.786. The molecule has 2 aromatic rings. The summed E-state index contributed by atoms with van der Waals surface area (Å²) in [4.78, 5) is 11.3. The number of ether oxygens (including phenoxy) is 1. The summed E-state index contributed by atoms with van der Waals surface area (Å²) >= 11 is 6.16. The van der Waals surface area contributed by atoms with E-state index in [-0.39, 0.29) is 11.3 Å². The fourth-order valence-corrected chi connectivity index (χ4v) is 3.87. The maximum atomic E-state index is 6.16. The Bertz CT molecular complexity index is 727. The molecule has 2 aliphatic rings. The van der Waals surface area contributed by atoms with Crippen molar-refractivity contribution in [3.63, 3.8) is 0 Å². The fourth-order valence-electron chi connectivity index (χ4n) is 3.67. The summed E-state index contributed by atoms with van der Waals surface area (Å²) in [5.41, 5.74) is 1.78. The van der Waals surface area contributed by atoms with Crippen LogP contribution in [0.5, 0.6) is 0 Å². The highest BCUT2D eigenvalue weighted by molar-refractivity contribution is 6.28. The van der Waals surface area contributed by atoms with Crippen LogP contribution in [-0.2, 0) is 4.74 Å². The van der Waals surface area contributed by atoms with Crippen LogP contribution in [0.2, 0.25) is 5.28 Å². The van der Waals surface area contributed by atoms with Crippen LogP contribution >= 0.6 is 11.6 Å². The van der Waals surface area contributed by atoms with E-state index < -0.39 is 0 Å². The van der Waals surface area contributed by atoms with E-state index in [1.807, 2.05) is 11.5 Å². The third-order valence-electron chi connectivity index (χ3n) is 4.68. The van der Waals surface area contributed by atoms with Gasteiger partial charge in [-0.25, -0.2) is 4.98 Å². The number of hydrogen-bond acceptors (Lipinski definition) is 6. The molecule has 122 valence electrons. The molecule has 0 unspecified atom stereocenters. The van der Waals surface area contributed by atoms with Gasteiger partial charge in [-0.2, -0.15) is 4.98 Å². The first-order chi connectivity index (χ1) is 11.2. The molecular formula is C15H19ClN6O. The Hall–Kier alpha value is -1.73. The molecule has 0 N–H and O–H groups in total. The number of anilines is 1. The van der Waals surface area contributed by atoms with Gasteiger partial charge in [0.25, 0.3) is 0 Å². The summed E-state index contributed by atoms with van der Waals surface area (Å²) in [6.07, 6.45) is 4.62. The molecule has 8 heteroatoms. The maximum absolute atomic E-state index is 6.16. The molecule has 1 atom stereocenters. The first kappa shape index (κ1) is 14.8. The molecule has 0 amide bonds. The number of aryl methyl sites for hydroxylation is 1. The third kappa shape index (κ3) is 2.30. The van der Waals surface area contributed by atoms with Crippen molar-refractivity contribution in [3.05, 3.63) is 23.1 Å². The molecule has 1 fully saturated rings. The van der Waals surface area contributed by atoms with Crippen LogP contribution in [0.3, 0.4) is 0 Å². The van der Waals surface area contributed by atoms with Crippen LogP contribution in [-0.4, -0.2) is 44.0 Å². The lowest BCUT2D eigenvalue weighted by Gasteiger charge is -2.43. The van der Waals surface area contributed by atoms with Gasteiger partial charge in [0.2, 0.25) is 5.28 Å². The molecule has 0 aliphatic carbocycles. The van der Waals surface area contributed by atoms with Crippen molar-refractivity contribution in [2.45, 2.75) is 45.2 Å². The Balaban J connectivity index is 1.92. The number of nitrogens with zero attached hydrogens (tertiary/aromatic N) is 6. The largest absolute Gasteiger partial charge is 0.381 e. The Labute approximate surface area is 139 Å². The highest BCUT2D eigenvalue weighted by atomic mass is 35.5. The van der Waals surface area contributed by atoms with Crippen LogP contribution in [0.15, 0.2) is 6.33 Å². The first-order valence-electron chi connectivity index (χ1n) is 8.01. The summed E-state index contributed by atoms with van der Waals surface area (Å²) in [6, 6.07) is 0.502. The Kier molecular flexibility index (Phi) is 3.69. The van der Waals surface area contributed by atoms with Crippen molar-refractivity contribution in [1.82, 2.24) is 24.7 Å². The molecule has 0 aromatic carbocycles. The van der Waals surface area contributed by atoms with Gasteiger partial charge in [0, 0.05) is 19.3 Å². The molecule has 23 heavy (non-hydrogen) atoms. The van der Waals surface area contributed by atoms with Crippen LogP contribution in [0.4, 0.5) is 5.82 Å². The molecular weight excluding hydrogens is 316 g/mol. The second-order valence-corrected chi connectivity index (χ2v) is 6.32. The van der Waals surface area contributed by atoms with Gasteiger partial charge in [0.15, 0.2) is 11.6 Å². The minimum absolute atomic E-state index is 0.137. The van der Waals surface area contributed by atoms with Gasteiger partial charge < -0.3 is 9.64 Å². The Morgan fingerprint density at radius 2 is 2.09 bits per heavy atom. The lowest BCUT2D eigenvalue weighted by atomic mass is 10.00. The summed E-state index contributed by atoms with van der Waals surface area (Å²) in [5.74, 6) is 1.83. The van der Waals surface area contributed by atoms with Crippen molar-refractivity contribution in [3.8, 4) is 5.69 Å². The van der Waals surface area contributed by atoms with E-state index in [4.69, 9.17) is 16.3 Å². The molecule has 0 bridgehead atoms. The van der Waals surface area contributed by atoms with E-state index in [2.05, 4.69) is 32.0 Å². The Morgan fingerprint density at radius 1 is 1.30 bits per heavy atom. The van der Waals surface area contributed by atoms with Crippen molar-refractivity contribution in [2.24, 2.45) is 0 Å². The summed E-state index contributed by atoms with van der Waals surface area (Å²) in [5, 5.41) is 8.77. The molecule has 0 saturated carbocycles. The van der Waals surface area contributed by atoms with Crippen LogP contribution in [0.1, 0.15) is 43.7 Å². The normalized spacial score (nSPS) is 21.2. The van der Waals surface area contributed by atoms with Gasteiger partial charge in [-0.05, 0) is 37.8 Å². The van der Waals surface area contributed by atoms with E-state index in [0.717, 1.165) is 55.5 Å². The molecule has 4 rings (SSSR count). The van der Waals surface area contributed by atoms with Gasteiger partial charge in [0.05, 0.1) is 11.7 Å². The van der Waals surface area contributed by atoms with Gasteiger partial charge >= 0.3 is 0 Å². The molecule has 2 aromatic heterocycles. The van der Waals surface area contributed by atoms with Crippen LogP contribution < -0.4 is 4.90 Å². The summed E-state index contributed by atoms with van der Waals surface area (Å²) in [6.45, 7) is 5.66. The molecule has 1 saturated heterocycles. The fraction of sp³-hybridized carbons (Fsp3) is 0.600. The van der Waals surface area contributed by atoms with Crippen molar-refractivity contribution in [2.75, 3.05) is 18.1 Å². The van der Waals surface area contributed by atoms with E-state index in [1.165, 1.54) is 0 Å². The molecule has 4 heterocycles. The summed E-state index contributed by atoms with van der Waals surface area (Å²) in [7, 11) is 0. The minimum atomic E-state index is 0.137. The molecule has 0 radical (unpaired) electrons. The zero-order valence-electron chi connectivity index (χ0n) is 13.2. The third-order valence-corrected chi connectivity index (χ3v) is 4.85. The van der Waals surface area contributed by atoms with Crippen LogP contribution in [0, 0.1) is 6.92 Å². The molecule has 7 nitrogen and oxygen atoms in total. The lowest BCUT2D eigenvalue weighted by molar-refractivity contribution is 0.0817. The number of aromatic nitrogens is 5. The number of halogens is 1.